The summed E-state index contributed by atoms with van der Waals surface area (Å²) >= 11 is 0. The van der Waals surface area contributed by atoms with Gasteiger partial charge in [-0.15, -0.1) is 0 Å². The highest BCUT2D eigenvalue weighted by Gasteiger charge is 2.38. The average molecular weight is 362 g/mol. The highest BCUT2D eigenvalue weighted by atomic mass is 16.5. The van der Waals surface area contributed by atoms with Gasteiger partial charge in [-0.05, 0) is 30.5 Å². The molecular formula is C21H22N4O2. The molecule has 138 valence electrons. The van der Waals surface area contributed by atoms with E-state index in [1.54, 1.807) is 6.20 Å². The first-order valence-electron chi connectivity index (χ1n) is 9.31. The van der Waals surface area contributed by atoms with Crippen LogP contribution in [0.25, 0.3) is 11.5 Å². The van der Waals surface area contributed by atoms with Crippen LogP contribution in [-0.4, -0.2) is 27.6 Å². The van der Waals surface area contributed by atoms with Crippen molar-refractivity contribution in [3.63, 3.8) is 0 Å². The van der Waals surface area contributed by atoms with Crippen molar-refractivity contribution in [1.29, 1.82) is 0 Å². The van der Waals surface area contributed by atoms with E-state index in [2.05, 4.69) is 44.7 Å². The number of rotatable bonds is 7. The molecule has 0 radical (unpaired) electrons. The van der Waals surface area contributed by atoms with Gasteiger partial charge in [-0.3, -0.25) is 9.78 Å². The number of benzene rings is 1. The molecule has 4 rings (SSSR count). The summed E-state index contributed by atoms with van der Waals surface area (Å²) in [6, 6.07) is 16.0. The van der Waals surface area contributed by atoms with Crippen molar-refractivity contribution in [3.8, 4) is 11.5 Å². The number of hydrogen-bond donors (Lipinski definition) is 1. The van der Waals surface area contributed by atoms with Gasteiger partial charge in [0, 0.05) is 31.0 Å². The number of carbonyl (C=O) groups is 1. The second-order valence-electron chi connectivity index (χ2n) is 7.00. The number of nitrogens with one attached hydrogen (secondary N) is 1. The summed E-state index contributed by atoms with van der Waals surface area (Å²) in [5.41, 5.74) is 2.06. The number of carbonyl (C=O) groups excluding carboxylic acids is 1. The summed E-state index contributed by atoms with van der Waals surface area (Å²) < 4.78 is 5.24. The predicted octanol–water partition coefficient (Wildman–Crippen LogP) is 3.30. The molecule has 1 saturated carbocycles. The zero-order valence-electron chi connectivity index (χ0n) is 15.1. The topological polar surface area (TPSA) is 80.9 Å². The fraction of sp³-hybridized carbons (Fsp3) is 0.333. The van der Waals surface area contributed by atoms with Gasteiger partial charge in [0.15, 0.2) is 0 Å². The molecule has 0 unspecified atom stereocenters. The van der Waals surface area contributed by atoms with Crippen LogP contribution >= 0.6 is 0 Å². The molecule has 0 atom stereocenters. The summed E-state index contributed by atoms with van der Waals surface area (Å²) in [6.07, 6.45) is 5.88. The van der Waals surface area contributed by atoms with E-state index >= 15 is 0 Å². The first-order chi connectivity index (χ1) is 13.3. The van der Waals surface area contributed by atoms with Crippen LogP contribution in [0.15, 0.2) is 59.3 Å². The van der Waals surface area contributed by atoms with Crippen molar-refractivity contribution in [1.82, 2.24) is 20.4 Å². The van der Waals surface area contributed by atoms with Crippen molar-refractivity contribution in [2.24, 2.45) is 0 Å². The molecule has 6 nitrogen and oxygen atoms in total. The molecule has 2 heterocycles. The summed E-state index contributed by atoms with van der Waals surface area (Å²) in [7, 11) is 0. The number of aryl methyl sites for hydroxylation is 1. The van der Waals surface area contributed by atoms with Crippen LogP contribution in [-0.2, 0) is 16.6 Å². The molecule has 0 saturated heterocycles. The summed E-state index contributed by atoms with van der Waals surface area (Å²) in [5, 5.41) is 7.02. The van der Waals surface area contributed by atoms with Gasteiger partial charge < -0.3 is 9.84 Å². The molecule has 1 aromatic carbocycles. The zero-order chi connectivity index (χ0) is 18.5. The van der Waals surface area contributed by atoms with Crippen molar-refractivity contribution >= 4 is 5.91 Å². The number of pyridine rings is 1. The zero-order valence-corrected chi connectivity index (χ0v) is 15.1. The third-order valence-corrected chi connectivity index (χ3v) is 5.25. The van der Waals surface area contributed by atoms with Gasteiger partial charge in [0.05, 0.1) is 0 Å². The largest absolute Gasteiger partial charge is 0.355 e. The van der Waals surface area contributed by atoms with E-state index < -0.39 is 0 Å². The minimum Gasteiger partial charge on any atom is -0.355 e. The van der Waals surface area contributed by atoms with Gasteiger partial charge in [0.1, 0.15) is 5.69 Å². The Hall–Kier alpha value is -3.02. The summed E-state index contributed by atoms with van der Waals surface area (Å²) in [4.78, 5) is 20.8. The Balaban J connectivity index is 1.30. The first kappa shape index (κ1) is 17.4. The fourth-order valence-corrected chi connectivity index (χ4v) is 3.49. The normalized spacial score (nSPS) is 15.1. The molecule has 3 aromatic rings. The Morgan fingerprint density at radius 2 is 1.93 bits per heavy atom. The molecule has 1 N–H and O–H groups in total. The fourth-order valence-electron chi connectivity index (χ4n) is 3.49. The van der Waals surface area contributed by atoms with E-state index in [1.165, 1.54) is 12.0 Å². The van der Waals surface area contributed by atoms with Crippen LogP contribution in [0, 0.1) is 0 Å². The van der Waals surface area contributed by atoms with Gasteiger partial charge in [-0.25, -0.2) is 0 Å². The van der Waals surface area contributed by atoms with Gasteiger partial charge >= 0.3 is 0 Å². The quantitative estimate of drug-likeness (QED) is 0.697. The van der Waals surface area contributed by atoms with E-state index in [4.69, 9.17) is 4.52 Å². The van der Waals surface area contributed by atoms with E-state index in [1.807, 2.05) is 24.3 Å². The third kappa shape index (κ3) is 3.89. The molecule has 0 spiro atoms. The number of hydrogen-bond acceptors (Lipinski definition) is 5. The molecule has 0 aliphatic heterocycles. The minimum absolute atomic E-state index is 0.00907. The van der Waals surface area contributed by atoms with Gasteiger partial charge in [0.25, 0.3) is 0 Å². The molecule has 1 fully saturated rings. The lowest BCUT2D eigenvalue weighted by Crippen LogP contribution is -2.45. The molecule has 2 aromatic heterocycles. The van der Waals surface area contributed by atoms with Crippen LogP contribution in [0.2, 0.25) is 0 Å². The van der Waals surface area contributed by atoms with Crippen LogP contribution in [0.1, 0.15) is 37.1 Å². The standard InChI is InChI=1S/C21H22N4O2/c26-18(23-15-21(12-6-13-21)16-7-2-1-3-8-16)10-11-19-24-20(25-27-19)17-9-4-5-14-22-17/h1-5,7-9,14H,6,10-13,15H2,(H,23,26). The lowest BCUT2D eigenvalue weighted by molar-refractivity contribution is -0.121. The van der Waals surface area contributed by atoms with E-state index in [0.717, 1.165) is 12.8 Å². The van der Waals surface area contributed by atoms with Crippen LogP contribution in [0.4, 0.5) is 0 Å². The lowest BCUT2D eigenvalue weighted by Gasteiger charge is -2.42. The van der Waals surface area contributed by atoms with Gasteiger partial charge in [0.2, 0.25) is 17.6 Å². The number of nitrogens with zero attached hydrogens (tertiary/aromatic N) is 3. The first-order valence-corrected chi connectivity index (χ1v) is 9.31. The third-order valence-electron chi connectivity index (χ3n) is 5.25. The monoisotopic (exact) mass is 362 g/mol. The predicted molar refractivity (Wildman–Crippen MR) is 101 cm³/mol. The van der Waals surface area contributed by atoms with Crippen LogP contribution < -0.4 is 5.32 Å². The second-order valence-corrected chi connectivity index (χ2v) is 7.00. The van der Waals surface area contributed by atoms with Crippen molar-refractivity contribution in [2.75, 3.05) is 6.54 Å². The maximum Gasteiger partial charge on any atom is 0.227 e. The highest BCUT2D eigenvalue weighted by molar-refractivity contribution is 5.76. The maximum absolute atomic E-state index is 12.3. The van der Waals surface area contributed by atoms with Crippen LogP contribution in [0.3, 0.4) is 0 Å². The van der Waals surface area contributed by atoms with Gasteiger partial charge in [-0.1, -0.05) is 48.0 Å². The van der Waals surface area contributed by atoms with E-state index in [-0.39, 0.29) is 11.3 Å². The summed E-state index contributed by atoms with van der Waals surface area (Å²) in [5.74, 6) is 0.908. The van der Waals surface area contributed by atoms with Crippen molar-refractivity contribution in [3.05, 3.63) is 66.2 Å². The van der Waals surface area contributed by atoms with Crippen molar-refractivity contribution in [2.45, 2.75) is 37.5 Å². The molecule has 1 aliphatic rings. The Morgan fingerprint density at radius 1 is 1.11 bits per heavy atom. The highest BCUT2D eigenvalue weighted by Crippen LogP contribution is 2.43. The van der Waals surface area contributed by atoms with Crippen molar-refractivity contribution < 1.29 is 9.32 Å². The Labute approximate surface area is 158 Å². The Bertz CT molecular complexity index is 889. The molecule has 1 aliphatic carbocycles. The van der Waals surface area contributed by atoms with E-state index in [0.29, 0.717) is 36.8 Å². The second kappa shape index (κ2) is 7.70. The molecule has 6 heteroatoms. The molecule has 0 bridgehead atoms. The summed E-state index contributed by atoms with van der Waals surface area (Å²) in [6.45, 7) is 0.679. The number of aromatic nitrogens is 3. The molecular weight excluding hydrogens is 340 g/mol. The Morgan fingerprint density at radius 3 is 2.63 bits per heavy atom. The average Bonchev–Trinajstić information content (AvgIpc) is 3.16. The molecule has 1 amide bonds. The maximum atomic E-state index is 12.3. The minimum atomic E-state index is 0.00907. The van der Waals surface area contributed by atoms with E-state index in [9.17, 15) is 4.79 Å². The lowest BCUT2D eigenvalue weighted by atomic mass is 9.64. The van der Waals surface area contributed by atoms with Gasteiger partial charge in [-0.2, -0.15) is 4.98 Å². The SMILES string of the molecule is O=C(CCc1nc(-c2ccccn2)no1)NCC1(c2ccccc2)CCC1. The number of amides is 1. The molecule has 27 heavy (non-hydrogen) atoms. The Kier molecular flexibility index (Phi) is 4.96. The van der Waals surface area contributed by atoms with Crippen LogP contribution in [0.5, 0.6) is 0 Å². The smallest absolute Gasteiger partial charge is 0.227 e.